The zero-order valence-corrected chi connectivity index (χ0v) is 24.6. The third kappa shape index (κ3) is 6.07. The Morgan fingerprint density at radius 3 is 2.39 bits per heavy atom. The monoisotopic (exact) mass is 600 g/mol. The first-order valence-corrected chi connectivity index (χ1v) is 14.9. The zero-order chi connectivity index (χ0) is 30.6. The average molecular weight is 601 g/mol. The Bertz CT molecular complexity index is 2030. The first kappa shape index (κ1) is 28.8. The molecule has 0 aliphatic heterocycles. The number of carbonyl (C=O) groups excluding carboxylic acids is 2. The van der Waals surface area contributed by atoms with Crippen LogP contribution in [0.3, 0.4) is 0 Å². The molecule has 0 unspecified atom stereocenters. The number of carboxylic acids is 1. The van der Waals surface area contributed by atoms with Crippen molar-refractivity contribution in [2.75, 3.05) is 5.32 Å². The summed E-state index contributed by atoms with van der Waals surface area (Å²) >= 11 is 1.58. The van der Waals surface area contributed by atoms with E-state index in [2.05, 4.69) is 35.6 Å². The van der Waals surface area contributed by atoms with Gasteiger partial charge in [-0.3, -0.25) is 9.59 Å². The number of ketones is 1. The maximum absolute atomic E-state index is 13.9. The molecule has 1 aromatic heterocycles. The van der Waals surface area contributed by atoms with Crippen molar-refractivity contribution in [2.45, 2.75) is 17.3 Å². The Balaban J connectivity index is 1.35. The number of aromatic nitrogens is 1. The number of thioether (sulfide) groups is 1. The van der Waals surface area contributed by atoms with Gasteiger partial charge in [-0.1, -0.05) is 66.7 Å². The Kier molecular flexibility index (Phi) is 8.16. The van der Waals surface area contributed by atoms with E-state index in [-0.39, 0.29) is 16.8 Å². The van der Waals surface area contributed by atoms with Gasteiger partial charge in [-0.2, -0.15) is 0 Å². The highest BCUT2D eigenvalue weighted by atomic mass is 32.2. The van der Waals surface area contributed by atoms with Crippen LogP contribution >= 0.6 is 11.8 Å². The molecule has 0 saturated carbocycles. The highest BCUT2D eigenvalue weighted by Crippen LogP contribution is 2.34. The molecule has 1 heterocycles. The molecular weight excluding hydrogens is 572 g/mol. The number of nitrogens with one attached hydrogen (secondary N) is 1. The van der Waals surface area contributed by atoms with E-state index < -0.39 is 17.7 Å². The van der Waals surface area contributed by atoms with Gasteiger partial charge >= 0.3 is 5.97 Å². The number of anilines is 1. The Labute approximate surface area is 258 Å². The number of rotatable bonds is 10. The van der Waals surface area contributed by atoms with Crippen LogP contribution in [0.5, 0.6) is 5.75 Å². The first-order chi connectivity index (χ1) is 21.4. The molecule has 0 radical (unpaired) electrons. The molecule has 5 aromatic carbocycles. The molecule has 0 bridgehead atoms. The van der Waals surface area contributed by atoms with E-state index in [1.54, 1.807) is 23.9 Å². The first-order valence-electron chi connectivity index (χ1n) is 14.0. The molecule has 8 heteroatoms. The number of carboxylic acid groups (broad SMARTS) is 1. The number of aromatic carboxylic acids is 1. The van der Waals surface area contributed by atoms with Gasteiger partial charge < -0.3 is 19.7 Å². The molecule has 6 aromatic rings. The molecular formula is C36H28N2O5S. The van der Waals surface area contributed by atoms with Crippen LogP contribution in [-0.2, 0) is 24.2 Å². The van der Waals surface area contributed by atoms with E-state index in [4.69, 9.17) is 4.74 Å². The molecule has 6 rings (SSSR count). The quantitative estimate of drug-likeness (QED) is 0.0949. The van der Waals surface area contributed by atoms with E-state index >= 15 is 0 Å². The molecule has 1 amide bonds. The molecule has 2 N–H and O–H groups in total. The van der Waals surface area contributed by atoms with Crippen molar-refractivity contribution in [3.8, 4) is 5.75 Å². The number of benzene rings is 5. The standard InChI is InChI=1S/C36H28N2O5S/c1-38-31-17-15-28(43-21-23-8-3-2-4-9-23)20-30(31)33(34(39)35(40)37-27-13-7-12-26(18-27)36(41)42)32(38)22-44-29-16-14-24-10-5-6-11-25(24)19-29/h2-20H,21-22H2,1H3,(H,37,40)(H,41,42). The number of carbonyl (C=O) groups is 3. The van der Waals surface area contributed by atoms with E-state index in [1.807, 2.05) is 66.2 Å². The number of hydrogen-bond acceptors (Lipinski definition) is 5. The predicted octanol–water partition coefficient (Wildman–Crippen LogP) is 7.72. The second kappa shape index (κ2) is 12.5. The van der Waals surface area contributed by atoms with E-state index in [0.29, 0.717) is 29.2 Å². The van der Waals surface area contributed by atoms with Crippen LogP contribution in [0.15, 0.2) is 120 Å². The maximum Gasteiger partial charge on any atom is 0.335 e. The van der Waals surface area contributed by atoms with Gasteiger partial charge in [-0.05, 0) is 64.9 Å². The second-order valence-corrected chi connectivity index (χ2v) is 11.3. The van der Waals surface area contributed by atoms with Crippen LogP contribution in [-0.4, -0.2) is 27.3 Å². The lowest BCUT2D eigenvalue weighted by Crippen LogP contribution is -2.24. The molecule has 0 aliphatic rings. The fourth-order valence-electron chi connectivity index (χ4n) is 5.17. The summed E-state index contributed by atoms with van der Waals surface area (Å²) in [6, 6.07) is 35.5. The summed E-state index contributed by atoms with van der Waals surface area (Å²) in [6.07, 6.45) is 0. The van der Waals surface area contributed by atoms with Crippen molar-refractivity contribution in [1.82, 2.24) is 4.57 Å². The van der Waals surface area contributed by atoms with Crippen LogP contribution < -0.4 is 10.1 Å². The van der Waals surface area contributed by atoms with E-state index in [1.165, 1.54) is 18.2 Å². The Morgan fingerprint density at radius 1 is 0.818 bits per heavy atom. The van der Waals surface area contributed by atoms with Crippen molar-refractivity contribution < 1.29 is 24.2 Å². The predicted molar refractivity (Wildman–Crippen MR) is 174 cm³/mol. The van der Waals surface area contributed by atoms with Gasteiger partial charge in [0.25, 0.3) is 11.7 Å². The number of fused-ring (bicyclic) bond motifs is 2. The van der Waals surface area contributed by atoms with Crippen LogP contribution in [0.1, 0.15) is 32.0 Å². The van der Waals surface area contributed by atoms with Gasteiger partial charge in [-0.15, -0.1) is 11.8 Å². The topological polar surface area (TPSA) is 97.6 Å². The number of ether oxygens (including phenoxy) is 1. The summed E-state index contributed by atoms with van der Waals surface area (Å²) in [4.78, 5) is 39.7. The second-order valence-electron chi connectivity index (χ2n) is 10.3. The number of hydrogen-bond donors (Lipinski definition) is 2. The van der Waals surface area contributed by atoms with E-state index in [9.17, 15) is 19.5 Å². The van der Waals surface area contributed by atoms with Gasteiger partial charge in [0, 0.05) is 40.0 Å². The molecule has 0 spiro atoms. The zero-order valence-electron chi connectivity index (χ0n) is 23.8. The molecule has 0 atom stereocenters. The van der Waals surface area contributed by atoms with Crippen molar-refractivity contribution in [3.05, 3.63) is 138 Å². The molecule has 7 nitrogen and oxygen atoms in total. The van der Waals surface area contributed by atoms with Crippen LogP contribution in [0.2, 0.25) is 0 Å². The summed E-state index contributed by atoms with van der Waals surface area (Å²) in [7, 11) is 1.88. The third-order valence-corrected chi connectivity index (χ3v) is 8.44. The number of Topliss-reactive ketones (excluding diaryl/α,β-unsaturated/α-hetero) is 1. The van der Waals surface area contributed by atoms with E-state index in [0.717, 1.165) is 26.7 Å². The lowest BCUT2D eigenvalue weighted by Gasteiger charge is -2.09. The molecule has 0 saturated heterocycles. The maximum atomic E-state index is 13.9. The summed E-state index contributed by atoms with van der Waals surface area (Å²) < 4.78 is 8.00. The van der Waals surface area contributed by atoms with Crippen molar-refractivity contribution in [3.63, 3.8) is 0 Å². The Morgan fingerprint density at radius 2 is 1.59 bits per heavy atom. The number of amides is 1. The third-order valence-electron chi connectivity index (χ3n) is 7.44. The summed E-state index contributed by atoms with van der Waals surface area (Å²) in [5.41, 5.74) is 3.00. The van der Waals surface area contributed by atoms with Crippen molar-refractivity contribution in [2.24, 2.45) is 7.05 Å². The van der Waals surface area contributed by atoms with Crippen LogP contribution in [0, 0.1) is 0 Å². The fraction of sp³-hybridized carbons (Fsp3) is 0.0833. The Hall–Kier alpha value is -5.34. The minimum atomic E-state index is -1.13. The largest absolute Gasteiger partial charge is 0.489 e. The highest BCUT2D eigenvalue weighted by molar-refractivity contribution is 7.98. The number of nitrogens with zero attached hydrogens (tertiary/aromatic N) is 1. The van der Waals surface area contributed by atoms with Crippen LogP contribution in [0.25, 0.3) is 21.7 Å². The molecule has 218 valence electrons. The minimum Gasteiger partial charge on any atom is -0.489 e. The van der Waals surface area contributed by atoms with Gasteiger partial charge in [0.15, 0.2) is 0 Å². The van der Waals surface area contributed by atoms with Crippen LogP contribution in [0.4, 0.5) is 5.69 Å². The fourth-order valence-corrected chi connectivity index (χ4v) is 6.19. The van der Waals surface area contributed by atoms with Gasteiger partial charge in [0.2, 0.25) is 0 Å². The molecule has 0 fully saturated rings. The minimum absolute atomic E-state index is 0.00749. The smallest absolute Gasteiger partial charge is 0.335 e. The summed E-state index contributed by atoms with van der Waals surface area (Å²) in [5, 5.41) is 14.8. The van der Waals surface area contributed by atoms with Crippen molar-refractivity contribution in [1.29, 1.82) is 0 Å². The van der Waals surface area contributed by atoms with Crippen molar-refractivity contribution >= 4 is 56.8 Å². The van der Waals surface area contributed by atoms with Gasteiger partial charge in [-0.25, -0.2) is 4.79 Å². The summed E-state index contributed by atoms with van der Waals surface area (Å²) in [5.74, 6) is -1.69. The summed E-state index contributed by atoms with van der Waals surface area (Å²) in [6.45, 7) is 0.355. The van der Waals surface area contributed by atoms with Gasteiger partial charge in [0.05, 0.1) is 11.1 Å². The highest BCUT2D eigenvalue weighted by Gasteiger charge is 2.27. The lowest BCUT2D eigenvalue weighted by atomic mass is 10.1. The van der Waals surface area contributed by atoms with Gasteiger partial charge in [0.1, 0.15) is 12.4 Å². The average Bonchev–Trinajstić information content (AvgIpc) is 3.33. The molecule has 0 aliphatic carbocycles. The lowest BCUT2D eigenvalue weighted by molar-refractivity contribution is -0.112. The molecule has 44 heavy (non-hydrogen) atoms. The normalized spacial score (nSPS) is 11.0. The SMILES string of the molecule is Cn1c(CSc2ccc3ccccc3c2)c(C(=O)C(=O)Nc2cccc(C(=O)O)c2)c2cc(OCc3ccccc3)ccc21. The number of aryl methyl sites for hydroxylation is 1.